The summed E-state index contributed by atoms with van der Waals surface area (Å²) < 4.78 is 0. The number of likely N-dealkylation sites (N-methyl/N-ethyl adjacent to an activating group) is 1. The molecule has 0 saturated heterocycles. The minimum Gasteiger partial charge on any atom is -0.339 e. The first kappa shape index (κ1) is 15.9. The lowest BCUT2D eigenvalue weighted by atomic mass is 9.61. The number of nitrogens with one attached hydrogen (secondary N) is 1. The van der Waals surface area contributed by atoms with E-state index in [-0.39, 0.29) is 5.54 Å². The summed E-state index contributed by atoms with van der Waals surface area (Å²) in [5, 5.41) is 3.56. The highest BCUT2D eigenvalue weighted by Gasteiger charge is 2.55. The molecule has 4 atom stereocenters. The standard InChI is InChI=1S/C20H34N2O/c1-22(19(23)14-21-18-7-3-2-4-8-18)20-11-5-6-16(13-20)15-9-10-17(20)12-15/h15-18,21H,2-14H2,1H3. The molecule has 4 aliphatic rings. The van der Waals surface area contributed by atoms with E-state index in [1.807, 2.05) is 0 Å². The van der Waals surface area contributed by atoms with Gasteiger partial charge < -0.3 is 10.2 Å². The Labute approximate surface area is 141 Å². The van der Waals surface area contributed by atoms with Crippen molar-refractivity contribution in [2.45, 2.75) is 88.6 Å². The molecule has 1 amide bonds. The molecule has 4 fully saturated rings. The predicted octanol–water partition coefficient (Wildman–Crippen LogP) is 3.73. The van der Waals surface area contributed by atoms with E-state index in [4.69, 9.17) is 0 Å². The molecule has 4 bridgehead atoms. The van der Waals surface area contributed by atoms with Crippen LogP contribution in [0.15, 0.2) is 0 Å². The van der Waals surface area contributed by atoms with Crippen LogP contribution in [-0.4, -0.2) is 36.0 Å². The number of fused-ring (bicyclic) bond motifs is 6. The molecule has 4 saturated carbocycles. The summed E-state index contributed by atoms with van der Waals surface area (Å²) in [7, 11) is 2.12. The average molecular weight is 319 g/mol. The molecule has 0 heterocycles. The molecule has 0 aliphatic heterocycles. The van der Waals surface area contributed by atoms with Gasteiger partial charge in [0, 0.05) is 18.6 Å². The van der Waals surface area contributed by atoms with Crippen LogP contribution in [0.25, 0.3) is 0 Å². The normalized spacial score (nSPS) is 40.1. The zero-order valence-electron chi connectivity index (χ0n) is 14.9. The molecule has 0 aromatic rings. The van der Waals surface area contributed by atoms with Gasteiger partial charge in [-0.05, 0) is 62.7 Å². The van der Waals surface area contributed by atoms with E-state index in [0.717, 1.165) is 17.8 Å². The predicted molar refractivity (Wildman–Crippen MR) is 93.2 cm³/mol. The van der Waals surface area contributed by atoms with Crippen LogP contribution in [0, 0.1) is 17.8 Å². The van der Waals surface area contributed by atoms with Crippen LogP contribution in [0.3, 0.4) is 0 Å². The van der Waals surface area contributed by atoms with Crippen LogP contribution < -0.4 is 5.32 Å². The molecular weight excluding hydrogens is 284 g/mol. The molecule has 0 aromatic heterocycles. The molecular formula is C20H34N2O. The molecule has 130 valence electrons. The van der Waals surface area contributed by atoms with E-state index in [0.29, 0.717) is 18.5 Å². The third-order valence-electron chi connectivity index (χ3n) is 7.89. The van der Waals surface area contributed by atoms with E-state index in [1.54, 1.807) is 0 Å². The molecule has 3 heteroatoms. The minimum absolute atomic E-state index is 0.210. The summed E-state index contributed by atoms with van der Waals surface area (Å²) in [5.74, 6) is 3.02. The van der Waals surface area contributed by atoms with Crippen molar-refractivity contribution in [1.82, 2.24) is 10.2 Å². The minimum atomic E-state index is 0.210. The number of nitrogens with zero attached hydrogens (tertiary/aromatic N) is 1. The SMILES string of the molecule is CN(C(=O)CNC1CCCCC1)C12CCCC(C1)C1CCC2C1. The summed E-state index contributed by atoms with van der Waals surface area (Å²) in [6, 6.07) is 0.583. The Kier molecular flexibility index (Phi) is 4.42. The Hall–Kier alpha value is -0.570. The first-order chi connectivity index (χ1) is 11.2. The van der Waals surface area contributed by atoms with Crippen LogP contribution in [0.2, 0.25) is 0 Å². The zero-order valence-corrected chi connectivity index (χ0v) is 14.9. The van der Waals surface area contributed by atoms with Gasteiger partial charge in [-0.1, -0.05) is 32.1 Å². The Morgan fingerprint density at radius 2 is 1.87 bits per heavy atom. The lowest BCUT2D eigenvalue weighted by molar-refractivity contribution is -0.142. The van der Waals surface area contributed by atoms with E-state index in [2.05, 4.69) is 17.3 Å². The maximum Gasteiger partial charge on any atom is 0.236 e. The maximum atomic E-state index is 12.9. The second kappa shape index (κ2) is 6.38. The first-order valence-electron chi connectivity index (χ1n) is 10.2. The van der Waals surface area contributed by atoms with Gasteiger partial charge in [0.25, 0.3) is 0 Å². The van der Waals surface area contributed by atoms with E-state index in [1.165, 1.54) is 77.0 Å². The second-order valence-corrected chi connectivity index (χ2v) is 8.90. The Morgan fingerprint density at radius 1 is 1.04 bits per heavy atom. The highest BCUT2D eigenvalue weighted by Crippen LogP contribution is 2.58. The third-order valence-corrected chi connectivity index (χ3v) is 7.89. The summed E-state index contributed by atoms with van der Waals surface area (Å²) in [6.07, 6.45) is 16.1. The lowest BCUT2D eigenvalue weighted by Crippen LogP contribution is -2.60. The smallest absolute Gasteiger partial charge is 0.236 e. The first-order valence-corrected chi connectivity index (χ1v) is 10.2. The molecule has 0 aromatic carbocycles. The number of rotatable bonds is 4. The van der Waals surface area contributed by atoms with Crippen LogP contribution in [0.1, 0.15) is 77.0 Å². The Morgan fingerprint density at radius 3 is 2.70 bits per heavy atom. The molecule has 3 nitrogen and oxygen atoms in total. The van der Waals surface area contributed by atoms with Gasteiger partial charge in [-0.25, -0.2) is 0 Å². The number of amides is 1. The molecule has 0 spiro atoms. The van der Waals surface area contributed by atoms with Gasteiger partial charge in [0.15, 0.2) is 0 Å². The van der Waals surface area contributed by atoms with E-state index in [9.17, 15) is 4.79 Å². The molecule has 4 unspecified atom stereocenters. The summed E-state index contributed by atoms with van der Waals surface area (Å²) in [6.45, 7) is 0.559. The van der Waals surface area contributed by atoms with Gasteiger partial charge in [-0.2, -0.15) is 0 Å². The van der Waals surface area contributed by atoms with Crippen LogP contribution in [0.4, 0.5) is 0 Å². The molecule has 4 aliphatic carbocycles. The fraction of sp³-hybridized carbons (Fsp3) is 0.950. The highest BCUT2D eigenvalue weighted by atomic mass is 16.2. The van der Waals surface area contributed by atoms with Crippen molar-refractivity contribution in [3.8, 4) is 0 Å². The zero-order chi connectivity index (χ0) is 15.9. The van der Waals surface area contributed by atoms with Crippen molar-refractivity contribution in [2.24, 2.45) is 17.8 Å². The number of carbonyl (C=O) groups excluding carboxylic acids is 1. The molecule has 0 radical (unpaired) electrons. The largest absolute Gasteiger partial charge is 0.339 e. The van der Waals surface area contributed by atoms with Gasteiger partial charge >= 0.3 is 0 Å². The van der Waals surface area contributed by atoms with Gasteiger partial charge in [0.2, 0.25) is 5.91 Å². The van der Waals surface area contributed by atoms with Crippen molar-refractivity contribution in [3.63, 3.8) is 0 Å². The van der Waals surface area contributed by atoms with Crippen molar-refractivity contribution < 1.29 is 4.79 Å². The molecule has 4 rings (SSSR count). The average Bonchev–Trinajstić information content (AvgIpc) is 3.07. The van der Waals surface area contributed by atoms with Crippen LogP contribution in [-0.2, 0) is 4.79 Å². The summed E-state index contributed by atoms with van der Waals surface area (Å²) in [5.41, 5.74) is 0.210. The number of hydrogen-bond acceptors (Lipinski definition) is 2. The Balaban J connectivity index is 1.40. The Bertz CT molecular complexity index is 445. The van der Waals surface area contributed by atoms with Gasteiger partial charge in [-0.15, -0.1) is 0 Å². The fourth-order valence-corrected chi connectivity index (χ4v) is 6.52. The highest BCUT2D eigenvalue weighted by molar-refractivity contribution is 5.79. The van der Waals surface area contributed by atoms with Crippen molar-refractivity contribution >= 4 is 5.91 Å². The summed E-state index contributed by atoms with van der Waals surface area (Å²) in [4.78, 5) is 15.1. The van der Waals surface area contributed by atoms with Crippen molar-refractivity contribution in [3.05, 3.63) is 0 Å². The lowest BCUT2D eigenvalue weighted by Gasteiger charge is -2.54. The molecule has 23 heavy (non-hydrogen) atoms. The van der Waals surface area contributed by atoms with Crippen LogP contribution >= 0.6 is 0 Å². The topological polar surface area (TPSA) is 32.3 Å². The van der Waals surface area contributed by atoms with E-state index < -0.39 is 0 Å². The van der Waals surface area contributed by atoms with E-state index >= 15 is 0 Å². The van der Waals surface area contributed by atoms with Gasteiger partial charge in [0.1, 0.15) is 0 Å². The van der Waals surface area contributed by atoms with Gasteiger partial charge in [0.05, 0.1) is 6.54 Å². The second-order valence-electron chi connectivity index (χ2n) is 8.90. The third kappa shape index (κ3) is 2.83. The van der Waals surface area contributed by atoms with Gasteiger partial charge in [-0.3, -0.25) is 4.79 Å². The number of carbonyl (C=O) groups is 1. The fourth-order valence-electron chi connectivity index (χ4n) is 6.52. The quantitative estimate of drug-likeness (QED) is 0.856. The van der Waals surface area contributed by atoms with Crippen molar-refractivity contribution in [1.29, 1.82) is 0 Å². The maximum absolute atomic E-state index is 12.9. The van der Waals surface area contributed by atoms with Crippen molar-refractivity contribution in [2.75, 3.05) is 13.6 Å². The molecule has 1 N–H and O–H groups in total. The monoisotopic (exact) mass is 318 g/mol. The number of hydrogen-bond donors (Lipinski definition) is 1. The van der Waals surface area contributed by atoms with Crippen LogP contribution in [0.5, 0.6) is 0 Å². The summed E-state index contributed by atoms with van der Waals surface area (Å²) >= 11 is 0.